The number of aromatic nitrogens is 2. The molecule has 2 aliphatic rings. The Balaban J connectivity index is 1.51. The van der Waals surface area contributed by atoms with Crippen molar-refractivity contribution in [2.75, 3.05) is 44.7 Å². The summed E-state index contributed by atoms with van der Waals surface area (Å²) < 4.78 is 0. The molecule has 2 fully saturated rings. The van der Waals surface area contributed by atoms with Crippen LogP contribution in [0.2, 0.25) is 0 Å². The third-order valence-electron chi connectivity index (χ3n) is 5.71. The number of nitrogens with one attached hydrogen (secondary N) is 1. The zero-order chi connectivity index (χ0) is 17.5. The van der Waals surface area contributed by atoms with Crippen LogP contribution in [0.25, 0.3) is 0 Å². The first kappa shape index (κ1) is 18.5. The molecule has 3 rings (SSSR count). The SMILES string of the molecule is CN1CCN(c2ncc(CNC(CCO)C3CCCCC3)cn2)CC1. The van der Waals surface area contributed by atoms with Crippen molar-refractivity contribution < 1.29 is 5.11 Å². The lowest BCUT2D eigenvalue weighted by molar-refractivity contribution is 0.205. The predicted octanol–water partition coefficient (Wildman–Crippen LogP) is 1.65. The quantitative estimate of drug-likeness (QED) is 0.782. The van der Waals surface area contributed by atoms with Gasteiger partial charge < -0.3 is 20.2 Å². The zero-order valence-corrected chi connectivity index (χ0v) is 15.5. The Morgan fingerprint density at radius 2 is 1.80 bits per heavy atom. The van der Waals surface area contributed by atoms with Crippen LogP contribution in [0.1, 0.15) is 44.1 Å². The van der Waals surface area contributed by atoms with Gasteiger partial charge in [0.25, 0.3) is 0 Å². The molecule has 1 aromatic rings. The second-order valence-electron chi connectivity index (χ2n) is 7.58. The Morgan fingerprint density at radius 3 is 2.44 bits per heavy atom. The molecule has 1 aliphatic carbocycles. The lowest BCUT2D eigenvalue weighted by atomic mass is 9.82. The van der Waals surface area contributed by atoms with E-state index in [-0.39, 0.29) is 6.61 Å². The lowest BCUT2D eigenvalue weighted by Gasteiger charge is -2.32. The molecule has 2 N–H and O–H groups in total. The van der Waals surface area contributed by atoms with Gasteiger partial charge in [-0.2, -0.15) is 0 Å². The summed E-state index contributed by atoms with van der Waals surface area (Å²) in [6.45, 7) is 5.16. The minimum atomic E-state index is 0.257. The molecule has 1 saturated heterocycles. The van der Waals surface area contributed by atoms with Crippen LogP contribution in [0.15, 0.2) is 12.4 Å². The number of piperazine rings is 1. The Bertz CT molecular complexity index is 495. The molecule has 1 aliphatic heterocycles. The van der Waals surface area contributed by atoms with Gasteiger partial charge in [-0.25, -0.2) is 9.97 Å². The number of nitrogens with zero attached hydrogens (tertiary/aromatic N) is 4. The minimum absolute atomic E-state index is 0.257. The monoisotopic (exact) mass is 347 g/mol. The fourth-order valence-corrected chi connectivity index (χ4v) is 4.04. The third kappa shape index (κ3) is 5.36. The van der Waals surface area contributed by atoms with Gasteiger partial charge in [-0.05, 0) is 32.2 Å². The number of aliphatic hydroxyl groups excluding tert-OH is 1. The Labute approximate surface area is 151 Å². The van der Waals surface area contributed by atoms with E-state index in [9.17, 15) is 5.11 Å². The van der Waals surface area contributed by atoms with Gasteiger partial charge in [0.2, 0.25) is 5.95 Å². The van der Waals surface area contributed by atoms with Crippen LogP contribution in [-0.2, 0) is 6.54 Å². The van der Waals surface area contributed by atoms with Gasteiger partial charge in [0.05, 0.1) is 0 Å². The molecule has 2 heterocycles. The molecule has 0 aromatic carbocycles. The van der Waals surface area contributed by atoms with E-state index >= 15 is 0 Å². The molecule has 140 valence electrons. The third-order valence-corrected chi connectivity index (χ3v) is 5.71. The molecule has 0 amide bonds. The van der Waals surface area contributed by atoms with E-state index in [1.54, 1.807) is 0 Å². The van der Waals surface area contributed by atoms with Crippen molar-refractivity contribution in [3.8, 4) is 0 Å². The van der Waals surface area contributed by atoms with Crippen LogP contribution in [-0.4, -0.2) is 65.8 Å². The Kier molecular flexibility index (Phi) is 7.02. The van der Waals surface area contributed by atoms with Crippen LogP contribution < -0.4 is 10.2 Å². The molecule has 1 saturated carbocycles. The van der Waals surface area contributed by atoms with Gasteiger partial charge in [0, 0.05) is 63.3 Å². The summed E-state index contributed by atoms with van der Waals surface area (Å²) in [6.07, 6.45) is 11.3. The Morgan fingerprint density at radius 1 is 1.12 bits per heavy atom. The fourth-order valence-electron chi connectivity index (χ4n) is 4.04. The topological polar surface area (TPSA) is 64.5 Å². The van der Waals surface area contributed by atoms with Gasteiger partial charge in [-0.3, -0.25) is 0 Å². The molecular weight excluding hydrogens is 314 g/mol. The van der Waals surface area contributed by atoms with Crippen LogP contribution in [0.5, 0.6) is 0 Å². The molecular formula is C19H33N5O. The second kappa shape index (κ2) is 9.46. The van der Waals surface area contributed by atoms with E-state index < -0.39 is 0 Å². The van der Waals surface area contributed by atoms with E-state index in [0.717, 1.165) is 50.7 Å². The first-order valence-corrected chi connectivity index (χ1v) is 9.85. The summed E-state index contributed by atoms with van der Waals surface area (Å²) in [5.41, 5.74) is 1.12. The van der Waals surface area contributed by atoms with Gasteiger partial charge in [0.15, 0.2) is 0 Å². The summed E-state index contributed by atoms with van der Waals surface area (Å²) >= 11 is 0. The van der Waals surface area contributed by atoms with E-state index in [2.05, 4.69) is 32.1 Å². The number of hydrogen-bond acceptors (Lipinski definition) is 6. The largest absolute Gasteiger partial charge is 0.396 e. The highest BCUT2D eigenvalue weighted by molar-refractivity contribution is 5.30. The van der Waals surface area contributed by atoms with Crippen molar-refractivity contribution in [1.29, 1.82) is 0 Å². The molecule has 6 heteroatoms. The summed E-state index contributed by atoms with van der Waals surface area (Å²) in [5, 5.41) is 13.0. The second-order valence-corrected chi connectivity index (χ2v) is 7.58. The van der Waals surface area contributed by atoms with Crippen molar-refractivity contribution in [1.82, 2.24) is 20.2 Å². The summed E-state index contributed by atoms with van der Waals surface area (Å²) in [7, 11) is 2.15. The summed E-state index contributed by atoms with van der Waals surface area (Å²) in [6, 6.07) is 0.405. The normalized spacial score (nSPS) is 21.4. The van der Waals surface area contributed by atoms with Crippen LogP contribution in [0.3, 0.4) is 0 Å². The standard InChI is InChI=1S/C19H33N5O/c1-23-8-10-24(11-9-23)19-21-14-16(15-22-19)13-20-18(7-12-25)17-5-3-2-4-6-17/h14-15,17-18,20,25H,2-13H2,1H3. The fraction of sp³-hybridized carbons (Fsp3) is 0.789. The number of likely N-dealkylation sites (N-methyl/N-ethyl adjacent to an activating group) is 1. The molecule has 6 nitrogen and oxygen atoms in total. The molecule has 0 radical (unpaired) electrons. The van der Waals surface area contributed by atoms with E-state index in [1.807, 2.05) is 12.4 Å². The average Bonchev–Trinajstić information content (AvgIpc) is 2.67. The van der Waals surface area contributed by atoms with Gasteiger partial charge in [0.1, 0.15) is 0 Å². The molecule has 0 bridgehead atoms. The average molecular weight is 348 g/mol. The van der Waals surface area contributed by atoms with Gasteiger partial charge in [-0.15, -0.1) is 0 Å². The van der Waals surface area contributed by atoms with Gasteiger partial charge in [-0.1, -0.05) is 19.3 Å². The van der Waals surface area contributed by atoms with Crippen molar-refractivity contribution >= 4 is 5.95 Å². The van der Waals surface area contributed by atoms with Crippen molar-refractivity contribution in [3.63, 3.8) is 0 Å². The van der Waals surface area contributed by atoms with E-state index in [0.29, 0.717) is 12.0 Å². The highest BCUT2D eigenvalue weighted by atomic mass is 16.3. The molecule has 1 aromatic heterocycles. The zero-order valence-electron chi connectivity index (χ0n) is 15.5. The highest BCUT2D eigenvalue weighted by Crippen LogP contribution is 2.27. The van der Waals surface area contributed by atoms with E-state index in [1.165, 1.54) is 32.1 Å². The lowest BCUT2D eigenvalue weighted by Crippen LogP contribution is -2.45. The van der Waals surface area contributed by atoms with Crippen molar-refractivity contribution in [2.45, 2.75) is 51.1 Å². The van der Waals surface area contributed by atoms with Crippen LogP contribution in [0, 0.1) is 5.92 Å². The minimum Gasteiger partial charge on any atom is -0.396 e. The maximum atomic E-state index is 9.39. The molecule has 1 unspecified atom stereocenters. The maximum absolute atomic E-state index is 9.39. The first-order valence-electron chi connectivity index (χ1n) is 9.85. The Hall–Kier alpha value is -1.24. The molecule has 0 spiro atoms. The smallest absolute Gasteiger partial charge is 0.225 e. The number of hydrogen-bond donors (Lipinski definition) is 2. The summed E-state index contributed by atoms with van der Waals surface area (Å²) in [4.78, 5) is 13.7. The maximum Gasteiger partial charge on any atom is 0.225 e. The summed E-state index contributed by atoms with van der Waals surface area (Å²) in [5.74, 6) is 1.54. The van der Waals surface area contributed by atoms with Crippen LogP contribution in [0.4, 0.5) is 5.95 Å². The highest BCUT2D eigenvalue weighted by Gasteiger charge is 2.23. The van der Waals surface area contributed by atoms with Gasteiger partial charge >= 0.3 is 0 Å². The number of aliphatic hydroxyl groups is 1. The molecule has 1 atom stereocenters. The number of anilines is 1. The van der Waals surface area contributed by atoms with E-state index in [4.69, 9.17) is 0 Å². The van der Waals surface area contributed by atoms with Crippen molar-refractivity contribution in [2.24, 2.45) is 5.92 Å². The number of rotatable bonds is 7. The molecule has 25 heavy (non-hydrogen) atoms. The predicted molar refractivity (Wildman–Crippen MR) is 101 cm³/mol. The first-order chi connectivity index (χ1) is 12.3. The van der Waals surface area contributed by atoms with Crippen molar-refractivity contribution in [3.05, 3.63) is 18.0 Å². The van der Waals surface area contributed by atoms with Crippen LogP contribution >= 0.6 is 0 Å².